The molecule has 6 nitrogen and oxygen atoms in total. The van der Waals surface area contributed by atoms with E-state index in [0.717, 1.165) is 51.6 Å². The number of pyridine rings is 1. The topological polar surface area (TPSA) is 60.5 Å². The first kappa shape index (κ1) is 16.2. The van der Waals surface area contributed by atoms with Gasteiger partial charge < -0.3 is 20.4 Å². The van der Waals surface area contributed by atoms with Gasteiger partial charge in [0, 0.05) is 44.5 Å². The summed E-state index contributed by atoms with van der Waals surface area (Å²) >= 11 is 0. The molecule has 1 unspecified atom stereocenters. The van der Waals surface area contributed by atoms with E-state index >= 15 is 0 Å². The zero-order chi connectivity index (χ0) is 16.1. The Hall–Kier alpha value is -1.66. The van der Waals surface area contributed by atoms with Gasteiger partial charge in [-0.15, -0.1) is 0 Å². The molecular weight excluding hydrogens is 290 g/mol. The van der Waals surface area contributed by atoms with Crippen molar-refractivity contribution < 1.29 is 4.79 Å². The number of piperidine rings is 1. The van der Waals surface area contributed by atoms with Gasteiger partial charge in [-0.25, -0.2) is 4.98 Å². The number of amides is 1. The van der Waals surface area contributed by atoms with Crippen LogP contribution in [0.3, 0.4) is 0 Å². The smallest absolute Gasteiger partial charge is 0.251 e. The van der Waals surface area contributed by atoms with Crippen LogP contribution in [0.1, 0.15) is 23.2 Å². The Morgan fingerprint density at radius 2 is 2.22 bits per heavy atom. The standard InChI is InChI=1S/C17H27N5O/c1-21-7-9-22(10-8-21)16-11-15(4-6-19-16)17(23)20-13-14-3-2-5-18-12-14/h4,6,11,14,18H,2-3,5,7-10,12-13H2,1H3,(H,20,23). The van der Waals surface area contributed by atoms with Crippen LogP contribution in [0, 0.1) is 5.92 Å². The van der Waals surface area contributed by atoms with Gasteiger partial charge in [-0.1, -0.05) is 0 Å². The molecule has 1 atom stereocenters. The molecule has 2 fully saturated rings. The van der Waals surface area contributed by atoms with E-state index in [9.17, 15) is 4.79 Å². The lowest BCUT2D eigenvalue weighted by molar-refractivity contribution is 0.0944. The average molecular weight is 317 g/mol. The van der Waals surface area contributed by atoms with Gasteiger partial charge in [0.15, 0.2) is 0 Å². The summed E-state index contributed by atoms with van der Waals surface area (Å²) in [4.78, 5) is 21.4. The third-order valence-corrected chi connectivity index (χ3v) is 4.79. The van der Waals surface area contributed by atoms with Gasteiger partial charge in [0.25, 0.3) is 5.91 Å². The zero-order valence-electron chi connectivity index (χ0n) is 13.9. The highest BCUT2D eigenvalue weighted by Crippen LogP contribution is 2.15. The predicted molar refractivity (Wildman–Crippen MR) is 91.9 cm³/mol. The third-order valence-electron chi connectivity index (χ3n) is 4.79. The van der Waals surface area contributed by atoms with E-state index < -0.39 is 0 Å². The van der Waals surface area contributed by atoms with Gasteiger partial charge in [0.2, 0.25) is 0 Å². The maximum Gasteiger partial charge on any atom is 0.251 e. The van der Waals surface area contributed by atoms with E-state index in [1.54, 1.807) is 12.3 Å². The Kier molecular flexibility index (Phi) is 5.46. The van der Waals surface area contributed by atoms with Crippen molar-refractivity contribution in [3.05, 3.63) is 23.9 Å². The number of hydrogen-bond acceptors (Lipinski definition) is 5. The number of anilines is 1. The Bertz CT molecular complexity index is 521. The van der Waals surface area contributed by atoms with Crippen LogP contribution in [0.15, 0.2) is 18.3 Å². The maximum atomic E-state index is 12.4. The number of hydrogen-bond donors (Lipinski definition) is 2. The van der Waals surface area contributed by atoms with Gasteiger partial charge >= 0.3 is 0 Å². The summed E-state index contributed by atoms with van der Waals surface area (Å²) in [5, 5.41) is 6.45. The second-order valence-electron chi connectivity index (χ2n) is 6.62. The lowest BCUT2D eigenvalue weighted by Gasteiger charge is -2.33. The first-order chi connectivity index (χ1) is 11.2. The molecule has 2 N–H and O–H groups in total. The molecule has 2 aliphatic rings. The van der Waals surface area contributed by atoms with E-state index in [1.807, 2.05) is 6.07 Å². The van der Waals surface area contributed by atoms with E-state index in [4.69, 9.17) is 0 Å². The molecule has 1 aromatic heterocycles. The van der Waals surface area contributed by atoms with Gasteiger partial charge in [-0.3, -0.25) is 4.79 Å². The SMILES string of the molecule is CN1CCN(c2cc(C(=O)NCC3CCCNC3)ccn2)CC1. The van der Waals surface area contributed by atoms with Crippen molar-refractivity contribution in [3.63, 3.8) is 0 Å². The van der Waals surface area contributed by atoms with Crippen LogP contribution in [-0.2, 0) is 0 Å². The van der Waals surface area contributed by atoms with Crippen molar-refractivity contribution in [3.8, 4) is 0 Å². The summed E-state index contributed by atoms with van der Waals surface area (Å²) in [5.74, 6) is 1.46. The average Bonchev–Trinajstić information content (AvgIpc) is 2.61. The summed E-state index contributed by atoms with van der Waals surface area (Å²) in [6.07, 6.45) is 4.13. The molecule has 0 spiro atoms. The van der Waals surface area contributed by atoms with Crippen LogP contribution in [0.2, 0.25) is 0 Å². The molecule has 1 aromatic rings. The van der Waals surface area contributed by atoms with Crippen molar-refractivity contribution in [1.29, 1.82) is 0 Å². The number of rotatable bonds is 4. The van der Waals surface area contributed by atoms with Crippen LogP contribution in [0.4, 0.5) is 5.82 Å². The summed E-state index contributed by atoms with van der Waals surface area (Å²) in [7, 11) is 2.13. The molecule has 126 valence electrons. The molecule has 0 saturated carbocycles. The predicted octanol–water partition coefficient (Wildman–Crippen LogP) is 0.563. The molecule has 0 aromatic carbocycles. The fourth-order valence-electron chi connectivity index (χ4n) is 3.21. The van der Waals surface area contributed by atoms with E-state index in [-0.39, 0.29) is 5.91 Å². The molecule has 0 bridgehead atoms. The van der Waals surface area contributed by atoms with Crippen molar-refractivity contribution in [2.75, 3.05) is 57.8 Å². The third kappa shape index (κ3) is 4.42. The lowest BCUT2D eigenvalue weighted by Crippen LogP contribution is -2.44. The largest absolute Gasteiger partial charge is 0.354 e. The quantitative estimate of drug-likeness (QED) is 0.850. The molecule has 3 rings (SSSR count). The highest BCUT2D eigenvalue weighted by atomic mass is 16.1. The van der Waals surface area contributed by atoms with E-state index in [0.29, 0.717) is 11.5 Å². The number of piperazine rings is 1. The van der Waals surface area contributed by atoms with Gasteiger partial charge in [-0.05, 0) is 51.0 Å². The van der Waals surface area contributed by atoms with E-state index in [1.165, 1.54) is 12.8 Å². The van der Waals surface area contributed by atoms with Crippen molar-refractivity contribution in [2.45, 2.75) is 12.8 Å². The number of carbonyl (C=O) groups excluding carboxylic acids is 1. The summed E-state index contributed by atoms with van der Waals surface area (Å²) in [5.41, 5.74) is 0.706. The lowest BCUT2D eigenvalue weighted by atomic mass is 10.00. The van der Waals surface area contributed by atoms with Crippen molar-refractivity contribution >= 4 is 11.7 Å². The van der Waals surface area contributed by atoms with Crippen LogP contribution in [0.25, 0.3) is 0 Å². The highest BCUT2D eigenvalue weighted by molar-refractivity contribution is 5.94. The summed E-state index contributed by atoms with van der Waals surface area (Å²) in [6.45, 7) is 6.84. The fraction of sp³-hybridized carbons (Fsp3) is 0.647. The molecule has 3 heterocycles. The maximum absolute atomic E-state index is 12.4. The second kappa shape index (κ2) is 7.75. The molecule has 1 amide bonds. The number of carbonyl (C=O) groups is 1. The zero-order valence-corrected chi connectivity index (χ0v) is 13.9. The normalized spacial score (nSPS) is 22.8. The van der Waals surface area contributed by atoms with Crippen LogP contribution in [-0.4, -0.2) is 68.7 Å². The van der Waals surface area contributed by atoms with Gasteiger partial charge in [-0.2, -0.15) is 0 Å². The summed E-state index contributed by atoms with van der Waals surface area (Å²) in [6, 6.07) is 3.72. The molecule has 0 radical (unpaired) electrons. The van der Waals surface area contributed by atoms with Crippen LogP contribution >= 0.6 is 0 Å². The number of nitrogens with zero attached hydrogens (tertiary/aromatic N) is 3. The molecule has 2 aliphatic heterocycles. The van der Waals surface area contributed by atoms with Crippen LogP contribution in [0.5, 0.6) is 0 Å². The Labute approximate surface area is 138 Å². The van der Waals surface area contributed by atoms with Crippen molar-refractivity contribution in [1.82, 2.24) is 20.5 Å². The molecule has 6 heteroatoms. The van der Waals surface area contributed by atoms with Crippen LogP contribution < -0.4 is 15.5 Å². The Morgan fingerprint density at radius 1 is 1.39 bits per heavy atom. The fourth-order valence-corrected chi connectivity index (χ4v) is 3.21. The Balaban J connectivity index is 1.56. The second-order valence-corrected chi connectivity index (χ2v) is 6.62. The molecule has 2 saturated heterocycles. The first-order valence-corrected chi connectivity index (χ1v) is 8.61. The number of nitrogens with one attached hydrogen (secondary N) is 2. The molecule has 0 aliphatic carbocycles. The first-order valence-electron chi connectivity index (χ1n) is 8.61. The highest BCUT2D eigenvalue weighted by Gasteiger charge is 2.18. The number of aromatic nitrogens is 1. The minimum atomic E-state index is 0.00773. The monoisotopic (exact) mass is 317 g/mol. The van der Waals surface area contributed by atoms with Crippen molar-refractivity contribution in [2.24, 2.45) is 5.92 Å². The Morgan fingerprint density at radius 3 is 2.96 bits per heavy atom. The van der Waals surface area contributed by atoms with Gasteiger partial charge in [0.05, 0.1) is 0 Å². The number of likely N-dealkylation sites (N-methyl/N-ethyl adjacent to an activating group) is 1. The minimum Gasteiger partial charge on any atom is -0.354 e. The molecular formula is C17H27N5O. The van der Waals surface area contributed by atoms with E-state index in [2.05, 4.69) is 32.5 Å². The van der Waals surface area contributed by atoms with Gasteiger partial charge in [0.1, 0.15) is 5.82 Å². The molecule has 23 heavy (non-hydrogen) atoms. The minimum absolute atomic E-state index is 0.00773. The summed E-state index contributed by atoms with van der Waals surface area (Å²) < 4.78 is 0.